The van der Waals surface area contributed by atoms with Gasteiger partial charge in [0.05, 0.1) is 18.7 Å². The van der Waals surface area contributed by atoms with Gasteiger partial charge in [0, 0.05) is 24.4 Å². The molecule has 0 saturated heterocycles. The SMILES string of the molecule is CCCNc1nc(-c2cc(OC)cc(OC)c2)ncc1Br. The highest BCUT2D eigenvalue weighted by Gasteiger charge is 2.09. The maximum Gasteiger partial charge on any atom is 0.161 e. The van der Waals surface area contributed by atoms with E-state index in [0.29, 0.717) is 17.3 Å². The van der Waals surface area contributed by atoms with Gasteiger partial charge in [-0.1, -0.05) is 6.92 Å². The van der Waals surface area contributed by atoms with E-state index in [2.05, 4.69) is 38.1 Å². The molecule has 2 aromatic rings. The monoisotopic (exact) mass is 351 g/mol. The molecule has 1 N–H and O–H groups in total. The van der Waals surface area contributed by atoms with Crippen LogP contribution in [0.4, 0.5) is 5.82 Å². The van der Waals surface area contributed by atoms with Crippen LogP contribution in [0.2, 0.25) is 0 Å². The maximum absolute atomic E-state index is 5.28. The minimum Gasteiger partial charge on any atom is -0.497 e. The number of ether oxygens (including phenoxy) is 2. The lowest BCUT2D eigenvalue weighted by Gasteiger charge is -2.10. The van der Waals surface area contributed by atoms with Crippen molar-refractivity contribution in [2.75, 3.05) is 26.1 Å². The zero-order valence-electron chi connectivity index (χ0n) is 12.3. The summed E-state index contributed by atoms with van der Waals surface area (Å²) >= 11 is 3.45. The average molecular weight is 352 g/mol. The van der Waals surface area contributed by atoms with Crippen LogP contribution in [0.15, 0.2) is 28.9 Å². The fraction of sp³-hybridized carbons (Fsp3) is 0.333. The van der Waals surface area contributed by atoms with E-state index in [9.17, 15) is 0 Å². The van der Waals surface area contributed by atoms with Crippen molar-refractivity contribution in [1.29, 1.82) is 0 Å². The number of nitrogens with zero attached hydrogens (tertiary/aromatic N) is 2. The first-order chi connectivity index (χ1) is 10.2. The molecule has 21 heavy (non-hydrogen) atoms. The third-order valence-corrected chi connectivity index (χ3v) is 3.48. The van der Waals surface area contributed by atoms with Crippen LogP contribution in [-0.2, 0) is 0 Å². The van der Waals surface area contributed by atoms with Crippen LogP contribution in [0.25, 0.3) is 11.4 Å². The van der Waals surface area contributed by atoms with Gasteiger partial charge in [0.1, 0.15) is 17.3 Å². The summed E-state index contributed by atoms with van der Waals surface area (Å²) in [6, 6.07) is 5.59. The van der Waals surface area contributed by atoms with Crippen LogP contribution >= 0.6 is 15.9 Å². The van der Waals surface area contributed by atoms with E-state index in [1.54, 1.807) is 20.4 Å². The molecule has 0 bridgehead atoms. The molecular formula is C15H18BrN3O2. The summed E-state index contributed by atoms with van der Waals surface area (Å²) in [5.41, 5.74) is 0.846. The number of nitrogens with one attached hydrogen (secondary N) is 1. The molecule has 0 unspecified atom stereocenters. The summed E-state index contributed by atoms with van der Waals surface area (Å²) < 4.78 is 11.4. The van der Waals surface area contributed by atoms with Gasteiger partial charge in [0.25, 0.3) is 0 Å². The molecule has 1 aromatic heterocycles. The maximum atomic E-state index is 5.28. The molecule has 0 aliphatic carbocycles. The zero-order chi connectivity index (χ0) is 15.2. The van der Waals surface area contributed by atoms with Gasteiger partial charge in [-0.15, -0.1) is 0 Å². The van der Waals surface area contributed by atoms with Crippen molar-refractivity contribution in [1.82, 2.24) is 9.97 Å². The van der Waals surface area contributed by atoms with Gasteiger partial charge < -0.3 is 14.8 Å². The highest BCUT2D eigenvalue weighted by Crippen LogP contribution is 2.29. The molecule has 112 valence electrons. The largest absolute Gasteiger partial charge is 0.497 e. The first-order valence-corrected chi connectivity index (χ1v) is 7.47. The minimum atomic E-state index is 0.619. The Labute approximate surface area is 132 Å². The molecule has 2 rings (SSSR count). The Balaban J connectivity index is 2.41. The van der Waals surface area contributed by atoms with E-state index >= 15 is 0 Å². The molecular weight excluding hydrogens is 334 g/mol. The number of methoxy groups -OCH3 is 2. The third kappa shape index (κ3) is 3.85. The second-order valence-corrected chi connectivity index (χ2v) is 5.27. The van der Waals surface area contributed by atoms with Crippen LogP contribution in [0.3, 0.4) is 0 Å². The zero-order valence-corrected chi connectivity index (χ0v) is 13.9. The molecule has 0 amide bonds. The first kappa shape index (κ1) is 15.6. The van der Waals surface area contributed by atoms with Gasteiger partial charge in [0.2, 0.25) is 0 Å². The molecule has 1 heterocycles. The smallest absolute Gasteiger partial charge is 0.161 e. The summed E-state index contributed by atoms with van der Waals surface area (Å²) in [6.07, 6.45) is 2.77. The van der Waals surface area contributed by atoms with Gasteiger partial charge in [-0.2, -0.15) is 0 Å². The summed E-state index contributed by atoms with van der Waals surface area (Å²) in [6.45, 7) is 2.96. The molecule has 0 aliphatic rings. The van der Waals surface area contributed by atoms with E-state index in [1.165, 1.54) is 0 Å². The van der Waals surface area contributed by atoms with Crippen LogP contribution in [0.1, 0.15) is 13.3 Å². The highest BCUT2D eigenvalue weighted by molar-refractivity contribution is 9.10. The Hall–Kier alpha value is -1.82. The average Bonchev–Trinajstić information content (AvgIpc) is 2.53. The van der Waals surface area contributed by atoms with Gasteiger partial charge in [0.15, 0.2) is 5.82 Å². The Morgan fingerprint density at radius 2 is 1.81 bits per heavy atom. The topological polar surface area (TPSA) is 56.3 Å². The lowest BCUT2D eigenvalue weighted by atomic mass is 10.2. The molecule has 0 atom stereocenters. The summed E-state index contributed by atoms with van der Waals surface area (Å²) in [5.74, 6) is 2.82. The van der Waals surface area contributed by atoms with Crippen LogP contribution in [-0.4, -0.2) is 30.7 Å². The Kier molecular flexibility index (Phi) is 5.38. The quantitative estimate of drug-likeness (QED) is 0.858. The number of hydrogen-bond donors (Lipinski definition) is 1. The van der Waals surface area contributed by atoms with Crippen LogP contribution in [0, 0.1) is 0 Å². The lowest BCUT2D eigenvalue weighted by molar-refractivity contribution is 0.394. The summed E-state index contributed by atoms with van der Waals surface area (Å²) in [4.78, 5) is 8.91. The van der Waals surface area contributed by atoms with Crippen molar-refractivity contribution in [3.05, 3.63) is 28.9 Å². The first-order valence-electron chi connectivity index (χ1n) is 6.67. The molecule has 6 heteroatoms. The van der Waals surface area contributed by atoms with Gasteiger partial charge in [-0.25, -0.2) is 9.97 Å². The van der Waals surface area contributed by atoms with Crippen molar-refractivity contribution in [3.8, 4) is 22.9 Å². The summed E-state index contributed by atoms with van der Waals surface area (Å²) in [5, 5.41) is 3.27. The number of benzene rings is 1. The predicted octanol–water partition coefficient (Wildman–Crippen LogP) is 3.75. The van der Waals surface area contributed by atoms with Crippen molar-refractivity contribution < 1.29 is 9.47 Å². The number of aromatic nitrogens is 2. The lowest BCUT2D eigenvalue weighted by Crippen LogP contribution is -2.04. The van der Waals surface area contributed by atoms with Crippen molar-refractivity contribution in [2.24, 2.45) is 0 Å². The standard InChI is InChI=1S/C15H18BrN3O2/c1-4-5-17-15-13(16)9-18-14(19-15)10-6-11(20-2)8-12(7-10)21-3/h6-9H,4-5H2,1-3H3,(H,17,18,19). The van der Waals surface area contributed by atoms with Crippen LogP contribution < -0.4 is 14.8 Å². The van der Waals surface area contributed by atoms with Gasteiger partial charge in [-0.05, 0) is 34.5 Å². The minimum absolute atomic E-state index is 0.619. The summed E-state index contributed by atoms with van der Waals surface area (Å²) in [7, 11) is 3.24. The number of anilines is 1. The Bertz CT molecular complexity index is 598. The van der Waals surface area contributed by atoms with Crippen LogP contribution in [0.5, 0.6) is 11.5 Å². The molecule has 0 fully saturated rings. The molecule has 0 radical (unpaired) electrons. The second kappa shape index (κ2) is 7.26. The van der Waals surface area contributed by atoms with Gasteiger partial charge >= 0.3 is 0 Å². The Morgan fingerprint density at radius 3 is 2.38 bits per heavy atom. The fourth-order valence-corrected chi connectivity index (χ4v) is 2.14. The highest BCUT2D eigenvalue weighted by atomic mass is 79.9. The molecule has 5 nitrogen and oxygen atoms in total. The molecule has 0 aliphatic heterocycles. The Morgan fingerprint density at radius 1 is 1.14 bits per heavy atom. The van der Waals surface area contributed by atoms with E-state index < -0.39 is 0 Å². The van der Waals surface area contributed by atoms with Crippen molar-refractivity contribution >= 4 is 21.7 Å². The molecule has 0 saturated carbocycles. The molecule has 0 spiro atoms. The normalized spacial score (nSPS) is 10.3. The van der Waals surface area contributed by atoms with E-state index in [-0.39, 0.29) is 0 Å². The van der Waals surface area contributed by atoms with E-state index in [4.69, 9.17) is 9.47 Å². The number of hydrogen-bond acceptors (Lipinski definition) is 5. The second-order valence-electron chi connectivity index (χ2n) is 4.42. The van der Waals surface area contributed by atoms with Gasteiger partial charge in [-0.3, -0.25) is 0 Å². The predicted molar refractivity (Wildman–Crippen MR) is 87.1 cm³/mol. The van der Waals surface area contributed by atoms with Crippen molar-refractivity contribution in [2.45, 2.75) is 13.3 Å². The van der Waals surface area contributed by atoms with E-state index in [0.717, 1.165) is 28.8 Å². The third-order valence-electron chi connectivity index (χ3n) is 2.90. The van der Waals surface area contributed by atoms with E-state index in [1.807, 2.05) is 18.2 Å². The number of halogens is 1. The number of rotatable bonds is 6. The van der Waals surface area contributed by atoms with Crippen molar-refractivity contribution in [3.63, 3.8) is 0 Å². The fourth-order valence-electron chi connectivity index (χ4n) is 1.81. The molecule has 1 aromatic carbocycles.